The van der Waals surface area contributed by atoms with Crippen molar-refractivity contribution in [3.8, 4) is 0 Å². The van der Waals surface area contributed by atoms with E-state index in [1.54, 1.807) is 12.2 Å². The fourth-order valence-corrected chi connectivity index (χ4v) is 1.59. The van der Waals surface area contributed by atoms with E-state index in [1.165, 1.54) is 14.2 Å². The summed E-state index contributed by atoms with van der Waals surface area (Å²) in [6.07, 6.45) is 6.97. The van der Waals surface area contributed by atoms with Gasteiger partial charge in [-0.05, 0) is 31.6 Å². The smallest absolute Gasteiger partial charge is 0.260 e. The van der Waals surface area contributed by atoms with Crippen LogP contribution in [0.2, 0.25) is 0 Å². The van der Waals surface area contributed by atoms with Gasteiger partial charge in [0.25, 0.3) is 11.6 Å². The Hall–Kier alpha value is -1.39. The summed E-state index contributed by atoms with van der Waals surface area (Å²) >= 11 is 0. The maximum absolute atomic E-state index is 12.1. The summed E-state index contributed by atoms with van der Waals surface area (Å²) in [6.45, 7) is 4.04. The number of rotatable bonds is 5. The number of hydrogen-bond donors (Lipinski definition) is 0. The molecule has 0 aromatic carbocycles. The quantitative estimate of drug-likeness (QED) is 0.542. The van der Waals surface area contributed by atoms with Gasteiger partial charge in [0.15, 0.2) is 5.76 Å². The normalized spacial score (nSPS) is 24.8. The number of hydrogen-bond acceptors (Lipinski definition) is 4. The van der Waals surface area contributed by atoms with Crippen molar-refractivity contribution >= 4 is 5.78 Å². The molecule has 0 N–H and O–H groups in total. The topological polar surface area (TPSA) is 44.8 Å². The Kier molecular flexibility index (Phi) is 4.66. The van der Waals surface area contributed by atoms with Crippen LogP contribution in [0.4, 0.5) is 0 Å². The van der Waals surface area contributed by atoms with E-state index < -0.39 is 5.79 Å². The lowest BCUT2D eigenvalue weighted by atomic mass is 9.99. The van der Waals surface area contributed by atoms with Crippen LogP contribution in [0.15, 0.2) is 35.6 Å². The van der Waals surface area contributed by atoms with Crippen molar-refractivity contribution in [3.05, 3.63) is 35.6 Å². The number of carbonyl (C=O) groups is 1. The van der Waals surface area contributed by atoms with Gasteiger partial charge >= 0.3 is 0 Å². The average molecular weight is 238 g/mol. The minimum atomic E-state index is -1.37. The Morgan fingerprint density at radius 2 is 2.12 bits per heavy atom. The van der Waals surface area contributed by atoms with Crippen molar-refractivity contribution < 1.29 is 19.0 Å². The first-order chi connectivity index (χ1) is 8.09. The van der Waals surface area contributed by atoms with Gasteiger partial charge in [-0.3, -0.25) is 4.79 Å². The summed E-state index contributed by atoms with van der Waals surface area (Å²) < 4.78 is 15.8. The summed E-state index contributed by atoms with van der Waals surface area (Å²) in [5, 5.41) is 0. The number of ether oxygens (including phenoxy) is 3. The second-order valence-electron chi connectivity index (χ2n) is 3.68. The van der Waals surface area contributed by atoms with Gasteiger partial charge in [0.1, 0.15) is 0 Å². The van der Waals surface area contributed by atoms with Crippen LogP contribution in [0.25, 0.3) is 0 Å². The van der Waals surface area contributed by atoms with Crippen molar-refractivity contribution in [2.24, 2.45) is 0 Å². The molecule has 0 radical (unpaired) electrons. The highest BCUT2D eigenvalue weighted by molar-refractivity contribution is 6.02. The number of ketones is 1. The third kappa shape index (κ3) is 2.84. The highest BCUT2D eigenvalue weighted by Gasteiger charge is 2.42. The highest BCUT2D eigenvalue weighted by atomic mass is 16.7. The molecule has 1 aliphatic carbocycles. The minimum Gasteiger partial charge on any atom is -0.493 e. The van der Waals surface area contributed by atoms with Gasteiger partial charge in [-0.2, -0.15) is 0 Å². The second kappa shape index (κ2) is 5.80. The first-order valence-electron chi connectivity index (χ1n) is 5.40. The molecule has 0 bridgehead atoms. The zero-order valence-corrected chi connectivity index (χ0v) is 10.6. The first-order valence-corrected chi connectivity index (χ1v) is 5.40. The molecule has 1 atom stereocenters. The van der Waals surface area contributed by atoms with Crippen LogP contribution in [0.1, 0.15) is 13.8 Å². The first kappa shape index (κ1) is 13.7. The van der Waals surface area contributed by atoms with Crippen molar-refractivity contribution in [1.29, 1.82) is 0 Å². The third-order valence-electron chi connectivity index (χ3n) is 2.47. The molecule has 0 heterocycles. The monoisotopic (exact) mass is 238 g/mol. The van der Waals surface area contributed by atoms with Crippen LogP contribution in [0, 0.1) is 0 Å². The number of methoxy groups -OCH3 is 2. The van der Waals surface area contributed by atoms with Crippen LogP contribution in [0.3, 0.4) is 0 Å². The van der Waals surface area contributed by atoms with E-state index in [2.05, 4.69) is 0 Å². The minimum absolute atomic E-state index is 0.243. The molecular weight excluding hydrogens is 220 g/mol. The average Bonchev–Trinajstić information content (AvgIpc) is 2.33. The lowest BCUT2D eigenvalue weighted by Gasteiger charge is -2.30. The van der Waals surface area contributed by atoms with E-state index >= 15 is 0 Å². The maximum Gasteiger partial charge on any atom is 0.260 e. The Morgan fingerprint density at radius 3 is 2.65 bits per heavy atom. The lowest BCUT2D eigenvalue weighted by Crippen LogP contribution is -2.44. The van der Waals surface area contributed by atoms with E-state index in [1.807, 2.05) is 26.0 Å². The summed E-state index contributed by atoms with van der Waals surface area (Å²) in [4.78, 5) is 12.1. The second-order valence-corrected chi connectivity index (χ2v) is 3.68. The van der Waals surface area contributed by atoms with E-state index in [4.69, 9.17) is 14.2 Å². The standard InChI is InChI=1S/C13H18O4/c1-5-6-7-17-13(16-4)9-10(2)8-11(15-3)12(13)14/h5-6,8-9H,7H2,1-4H3/b6-5+. The van der Waals surface area contributed by atoms with Crippen LogP contribution >= 0.6 is 0 Å². The summed E-state index contributed by atoms with van der Waals surface area (Å²) in [6, 6.07) is 0. The van der Waals surface area contributed by atoms with Crippen molar-refractivity contribution in [2.45, 2.75) is 19.6 Å². The molecule has 0 aromatic rings. The lowest BCUT2D eigenvalue weighted by molar-refractivity contribution is -0.191. The third-order valence-corrected chi connectivity index (χ3v) is 2.47. The Bertz CT molecular complexity index is 379. The van der Waals surface area contributed by atoms with Gasteiger partial charge in [-0.25, -0.2) is 0 Å². The molecule has 4 heteroatoms. The predicted molar refractivity (Wildman–Crippen MR) is 64.4 cm³/mol. The molecule has 0 aliphatic heterocycles. The van der Waals surface area contributed by atoms with Crippen LogP contribution in [0.5, 0.6) is 0 Å². The van der Waals surface area contributed by atoms with Crippen molar-refractivity contribution in [1.82, 2.24) is 0 Å². The summed E-state index contributed by atoms with van der Waals surface area (Å²) in [5.41, 5.74) is 0.865. The molecule has 0 aromatic heterocycles. The van der Waals surface area contributed by atoms with Crippen molar-refractivity contribution in [3.63, 3.8) is 0 Å². The van der Waals surface area contributed by atoms with Gasteiger partial charge in [0.2, 0.25) is 0 Å². The van der Waals surface area contributed by atoms with Crippen LogP contribution in [-0.4, -0.2) is 32.4 Å². The molecule has 0 amide bonds. The number of allylic oxidation sites excluding steroid dienone is 3. The Morgan fingerprint density at radius 1 is 1.41 bits per heavy atom. The SMILES string of the molecule is C/C=C/COC1(OC)C=C(C)C=C(OC)C1=O. The molecule has 1 unspecified atom stereocenters. The maximum atomic E-state index is 12.1. The molecule has 4 nitrogen and oxygen atoms in total. The predicted octanol–water partition coefficient (Wildman–Crippen LogP) is 1.98. The molecule has 0 spiro atoms. The molecule has 1 rings (SSSR count). The number of Topliss-reactive ketones (excluding diaryl/α,β-unsaturated/α-hetero) is 1. The molecular formula is C13H18O4. The molecule has 0 saturated carbocycles. The van der Waals surface area contributed by atoms with Crippen LogP contribution in [-0.2, 0) is 19.0 Å². The summed E-state index contributed by atoms with van der Waals surface area (Å²) in [5.74, 6) is -1.45. The zero-order chi connectivity index (χ0) is 12.9. The number of carbonyl (C=O) groups excluding carboxylic acids is 1. The largest absolute Gasteiger partial charge is 0.493 e. The van der Waals surface area contributed by atoms with E-state index in [-0.39, 0.29) is 11.5 Å². The van der Waals surface area contributed by atoms with Gasteiger partial charge in [0, 0.05) is 7.11 Å². The van der Waals surface area contributed by atoms with E-state index in [9.17, 15) is 4.79 Å². The fraction of sp³-hybridized carbons (Fsp3) is 0.462. The Balaban J connectivity index is 2.99. The van der Waals surface area contributed by atoms with Gasteiger partial charge < -0.3 is 14.2 Å². The van der Waals surface area contributed by atoms with Crippen LogP contribution < -0.4 is 0 Å². The Labute approximate surface area is 102 Å². The summed E-state index contributed by atoms with van der Waals surface area (Å²) in [7, 11) is 2.89. The molecule has 0 fully saturated rings. The fourth-order valence-electron chi connectivity index (χ4n) is 1.59. The molecule has 1 aliphatic rings. The highest BCUT2D eigenvalue weighted by Crippen LogP contribution is 2.27. The molecule has 17 heavy (non-hydrogen) atoms. The molecule has 94 valence electrons. The van der Waals surface area contributed by atoms with E-state index in [0.29, 0.717) is 6.61 Å². The zero-order valence-electron chi connectivity index (χ0n) is 10.6. The van der Waals surface area contributed by atoms with Gasteiger partial charge in [0.05, 0.1) is 13.7 Å². The van der Waals surface area contributed by atoms with Gasteiger partial charge in [-0.15, -0.1) is 0 Å². The van der Waals surface area contributed by atoms with E-state index in [0.717, 1.165) is 5.57 Å². The van der Waals surface area contributed by atoms with Crippen molar-refractivity contribution in [2.75, 3.05) is 20.8 Å². The van der Waals surface area contributed by atoms with Gasteiger partial charge in [-0.1, -0.05) is 12.2 Å². The molecule has 0 saturated heterocycles.